The molecule has 90 valence electrons. The molecule has 0 aromatic carbocycles. The van der Waals surface area contributed by atoms with E-state index in [1.165, 1.54) is 11.8 Å². The number of rotatable bonds is 4. The van der Waals surface area contributed by atoms with Crippen molar-refractivity contribution in [2.24, 2.45) is 0 Å². The summed E-state index contributed by atoms with van der Waals surface area (Å²) in [6.07, 6.45) is 0. The van der Waals surface area contributed by atoms with Crippen molar-refractivity contribution in [2.75, 3.05) is 5.75 Å². The molecule has 2 aromatic rings. The molecule has 6 heteroatoms. The maximum Gasteiger partial charge on any atom is 0.277 e. The Morgan fingerprint density at radius 3 is 2.71 bits per heavy atom. The second kappa shape index (κ2) is 5.01. The molecule has 0 radical (unpaired) electrons. The van der Waals surface area contributed by atoms with Gasteiger partial charge < -0.3 is 4.42 Å². The Bertz CT molecular complexity index is 545. The Hall–Kier alpha value is -1.14. The number of carbonyl (C=O) groups excluding carboxylic acids is 1. The number of carbonyl (C=O) groups is 1. The Morgan fingerprint density at radius 2 is 2.18 bits per heavy atom. The van der Waals surface area contributed by atoms with Gasteiger partial charge in [-0.25, -0.2) is 0 Å². The molecule has 0 atom stereocenters. The van der Waals surface area contributed by atoms with E-state index in [0.29, 0.717) is 16.9 Å². The van der Waals surface area contributed by atoms with Crippen LogP contribution in [-0.4, -0.2) is 21.7 Å². The summed E-state index contributed by atoms with van der Waals surface area (Å²) < 4.78 is 5.20. The summed E-state index contributed by atoms with van der Waals surface area (Å²) in [7, 11) is 0. The molecule has 17 heavy (non-hydrogen) atoms. The summed E-state index contributed by atoms with van der Waals surface area (Å²) in [5.41, 5.74) is 0.802. The van der Waals surface area contributed by atoms with E-state index in [1.54, 1.807) is 18.3 Å². The number of aryl methyl sites for hydroxylation is 3. The van der Waals surface area contributed by atoms with Gasteiger partial charge in [-0.2, -0.15) is 0 Å². The standard InChI is InChI=1S/C11H12N2O2S2/c1-6-4-9(7(2)17-6)10(14)5-16-11-13-12-8(3)15-11/h4H,5H2,1-3H3. The number of ketones is 1. The van der Waals surface area contributed by atoms with Crippen LogP contribution in [0.1, 0.15) is 26.0 Å². The number of thioether (sulfide) groups is 1. The third kappa shape index (κ3) is 2.95. The molecule has 0 amide bonds. The molecule has 2 rings (SSSR count). The fourth-order valence-corrected chi connectivity index (χ4v) is 3.08. The van der Waals surface area contributed by atoms with Crippen LogP contribution in [0, 0.1) is 20.8 Å². The average molecular weight is 268 g/mol. The molecule has 0 spiro atoms. The molecule has 0 saturated heterocycles. The lowest BCUT2D eigenvalue weighted by Gasteiger charge is -1.96. The van der Waals surface area contributed by atoms with Crippen molar-refractivity contribution < 1.29 is 9.21 Å². The van der Waals surface area contributed by atoms with Gasteiger partial charge in [0.05, 0.1) is 5.75 Å². The molecule has 2 aromatic heterocycles. The number of hydrogen-bond acceptors (Lipinski definition) is 6. The molecule has 0 aliphatic heterocycles. The second-order valence-corrected chi connectivity index (χ2v) is 6.01. The summed E-state index contributed by atoms with van der Waals surface area (Å²) in [5, 5.41) is 7.99. The first-order valence-corrected chi connectivity index (χ1v) is 6.89. The van der Waals surface area contributed by atoms with E-state index in [4.69, 9.17) is 4.42 Å². The highest BCUT2D eigenvalue weighted by Crippen LogP contribution is 2.24. The molecule has 0 aliphatic rings. The van der Waals surface area contributed by atoms with Crippen molar-refractivity contribution in [1.29, 1.82) is 0 Å². The quantitative estimate of drug-likeness (QED) is 0.630. The Balaban J connectivity index is 2.00. The van der Waals surface area contributed by atoms with E-state index in [1.807, 2.05) is 19.9 Å². The minimum Gasteiger partial charge on any atom is -0.416 e. The summed E-state index contributed by atoms with van der Waals surface area (Å²) >= 11 is 2.92. The van der Waals surface area contributed by atoms with Crippen molar-refractivity contribution >= 4 is 28.9 Å². The number of thiophene rings is 1. The molecule has 2 heterocycles. The van der Waals surface area contributed by atoms with E-state index in [0.717, 1.165) is 15.3 Å². The van der Waals surface area contributed by atoms with Crippen molar-refractivity contribution in [3.63, 3.8) is 0 Å². The summed E-state index contributed by atoms with van der Waals surface area (Å²) in [5.74, 6) is 0.953. The van der Waals surface area contributed by atoms with Crippen molar-refractivity contribution in [3.8, 4) is 0 Å². The second-order valence-electron chi connectivity index (χ2n) is 3.63. The van der Waals surface area contributed by atoms with E-state index in [-0.39, 0.29) is 5.78 Å². The molecule has 0 N–H and O–H groups in total. The fraction of sp³-hybridized carbons (Fsp3) is 0.364. The third-order valence-corrected chi connectivity index (χ3v) is 3.96. The van der Waals surface area contributed by atoms with E-state index < -0.39 is 0 Å². The van der Waals surface area contributed by atoms with Gasteiger partial charge in [-0.15, -0.1) is 21.5 Å². The normalized spacial score (nSPS) is 10.8. The lowest BCUT2D eigenvalue weighted by Crippen LogP contribution is -2.02. The van der Waals surface area contributed by atoms with Crippen LogP contribution in [0.25, 0.3) is 0 Å². The topological polar surface area (TPSA) is 56.0 Å². The minimum absolute atomic E-state index is 0.104. The molecule has 0 unspecified atom stereocenters. The van der Waals surface area contributed by atoms with Gasteiger partial charge in [0.2, 0.25) is 5.89 Å². The first kappa shape index (κ1) is 12.3. The largest absolute Gasteiger partial charge is 0.416 e. The predicted octanol–water partition coefficient (Wildman–Crippen LogP) is 3.03. The lowest BCUT2D eigenvalue weighted by atomic mass is 10.2. The molecule has 0 fully saturated rings. The van der Waals surface area contributed by atoms with Gasteiger partial charge in [-0.05, 0) is 19.9 Å². The zero-order valence-electron chi connectivity index (χ0n) is 9.81. The van der Waals surface area contributed by atoms with Gasteiger partial charge in [0, 0.05) is 22.2 Å². The third-order valence-electron chi connectivity index (χ3n) is 2.18. The molecular weight excluding hydrogens is 256 g/mol. The van der Waals surface area contributed by atoms with Gasteiger partial charge in [0.1, 0.15) is 0 Å². The zero-order chi connectivity index (χ0) is 12.4. The number of aromatic nitrogens is 2. The number of Topliss-reactive ketones (excluding diaryl/α,β-unsaturated/α-hetero) is 1. The minimum atomic E-state index is 0.104. The molecular formula is C11H12N2O2S2. The maximum atomic E-state index is 12.0. The zero-order valence-corrected chi connectivity index (χ0v) is 11.4. The Labute approximate surface area is 107 Å². The van der Waals surface area contributed by atoms with Gasteiger partial charge in [-0.1, -0.05) is 11.8 Å². The van der Waals surface area contributed by atoms with Crippen molar-refractivity contribution in [2.45, 2.75) is 26.0 Å². The molecule has 0 saturated carbocycles. The van der Waals surface area contributed by atoms with Gasteiger partial charge >= 0.3 is 0 Å². The van der Waals surface area contributed by atoms with Crippen molar-refractivity contribution in [1.82, 2.24) is 10.2 Å². The summed E-state index contributed by atoms with van der Waals surface area (Å²) in [6.45, 7) is 5.70. The van der Waals surface area contributed by atoms with E-state index in [2.05, 4.69) is 10.2 Å². The Morgan fingerprint density at radius 1 is 1.41 bits per heavy atom. The van der Waals surface area contributed by atoms with E-state index in [9.17, 15) is 4.79 Å². The van der Waals surface area contributed by atoms with Crippen LogP contribution in [0.4, 0.5) is 0 Å². The molecule has 4 nitrogen and oxygen atoms in total. The van der Waals surface area contributed by atoms with Crippen LogP contribution in [0.5, 0.6) is 0 Å². The maximum absolute atomic E-state index is 12.0. The van der Waals surface area contributed by atoms with Crippen LogP contribution < -0.4 is 0 Å². The summed E-state index contributed by atoms with van der Waals surface area (Å²) in [6, 6.07) is 1.93. The lowest BCUT2D eigenvalue weighted by molar-refractivity contribution is 0.102. The Kier molecular flexibility index (Phi) is 3.63. The van der Waals surface area contributed by atoms with Gasteiger partial charge in [0.25, 0.3) is 5.22 Å². The highest BCUT2D eigenvalue weighted by Gasteiger charge is 2.14. The SMILES string of the molecule is Cc1nnc(SCC(=O)c2cc(C)sc2C)o1. The molecule has 0 bridgehead atoms. The first-order valence-electron chi connectivity index (χ1n) is 5.09. The fourth-order valence-electron chi connectivity index (χ4n) is 1.45. The highest BCUT2D eigenvalue weighted by molar-refractivity contribution is 7.99. The monoisotopic (exact) mass is 268 g/mol. The van der Waals surface area contributed by atoms with Crippen LogP contribution in [0.3, 0.4) is 0 Å². The summed E-state index contributed by atoms with van der Waals surface area (Å²) in [4.78, 5) is 14.2. The predicted molar refractivity (Wildman–Crippen MR) is 67.9 cm³/mol. The van der Waals surface area contributed by atoms with Crippen LogP contribution >= 0.6 is 23.1 Å². The van der Waals surface area contributed by atoms with Gasteiger partial charge in [-0.3, -0.25) is 4.79 Å². The smallest absolute Gasteiger partial charge is 0.277 e. The first-order chi connectivity index (χ1) is 8.06. The van der Waals surface area contributed by atoms with Crippen LogP contribution in [0.15, 0.2) is 15.7 Å². The van der Waals surface area contributed by atoms with Gasteiger partial charge in [0.15, 0.2) is 5.78 Å². The average Bonchev–Trinajstić information content (AvgIpc) is 2.81. The molecule has 0 aliphatic carbocycles. The van der Waals surface area contributed by atoms with Crippen molar-refractivity contribution in [3.05, 3.63) is 27.3 Å². The highest BCUT2D eigenvalue weighted by atomic mass is 32.2. The number of nitrogens with zero attached hydrogens (tertiary/aromatic N) is 2. The van der Waals surface area contributed by atoms with Crippen LogP contribution in [-0.2, 0) is 0 Å². The number of hydrogen-bond donors (Lipinski definition) is 0. The van der Waals surface area contributed by atoms with Crippen LogP contribution in [0.2, 0.25) is 0 Å². The van der Waals surface area contributed by atoms with E-state index >= 15 is 0 Å².